The average molecular weight is 904 g/mol. The van der Waals surface area contributed by atoms with Gasteiger partial charge in [0, 0.05) is 19.4 Å². The minimum atomic E-state index is -0.393. The van der Waals surface area contributed by atoms with Crippen LogP contribution in [-0.4, -0.2) is 37.9 Å². The lowest BCUT2D eigenvalue weighted by Gasteiger charge is -2.18. The summed E-state index contributed by atoms with van der Waals surface area (Å²) in [5.74, 6) is -0.315. The molecule has 0 aliphatic rings. The lowest BCUT2D eigenvalue weighted by molar-refractivity contribution is -0.155. The molecule has 0 heterocycles. The van der Waals surface area contributed by atoms with Crippen LogP contribution in [0.4, 0.5) is 0 Å². The highest BCUT2D eigenvalue weighted by atomic mass is 16.6. The van der Waals surface area contributed by atoms with Crippen LogP contribution in [0, 0.1) is 0 Å². The van der Waals surface area contributed by atoms with Gasteiger partial charge in [-0.3, -0.25) is 9.59 Å². The van der Waals surface area contributed by atoms with E-state index in [1.807, 2.05) is 0 Å². The van der Waals surface area contributed by atoms with Crippen molar-refractivity contribution in [3.8, 4) is 0 Å². The van der Waals surface area contributed by atoms with Gasteiger partial charge in [-0.25, -0.2) is 0 Å². The quantitative estimate of drug-likeness (QED) is 0.0346. The third-order valence-electron chi connectivity index (χ3n) is 13.3. The van der Waals surface area contributed by atoms with Crippen molar-refractivity contribution in [1.82, 2.24) is 0 Å². The molecule has 0 aromatic rings. The van der Waals surface area contributed by atoms with Gasteiger partial charge in [0.15, 0.2) is 0 Å². The second-order valence-electron chi connectivity index (χ2n) is 19.9. The number of hydrogen-bond donors (Lipinski definition) is 0. The van der Waals surface area contributed by atoms with Crippen LogP contribution in [0.25, 0.3) is 0 Å². The molecule has 0 unspecified atom stereocenters. The van der Waals surface area contributed by atoms with Gasteiger partial charge in [0.25, 0.3) is 0 Å². The third kappa shape index (κ3) is 53.3. The molecule has 5 heteroatoms. The zero-order valence-corrected chi connectivity index (χ0v) is 43.8. The molecule has 0 aromatic heterocycles. The predicted octanol–water partition coefficient (Wildman–Crippen LogP) is 19.8. The molecule has 64 heavy (non-hydrogen) atoms. The van der Waals surface area contributed by atoms with Gasteiger partial charge >= 0.3 is 11.9 Å². The van der Waals surface area contributed by atoms with Gasteiger partial charge in [0.2, 0.25) is 0 Å². The number of carbonyl (C=O) groups excluding carboxylic acids is 2. The Labute approximate surface area is 401 Å². The van der Waals surface area contributed by atoms with Crippen molar-refractivity contribution in [2.75, 3.05) is 19.8 Å². The number of allylic oxidation sites excluding steroid dienone is 2. The first-order valence-corrected chi connectivity index (χ1v) is 29.2. The molecule has 0 spiro atoms. The molecule has 380 valence electrons. The van der Waals surface area contributed by atoms with Crippen molar-refractivity contribution in [2.45, 2.75) is 335 Å². The van der Waals surface area contributed by atoms with Gasteiger partial charge < -0.3 is 14.2 Å². The maximum absolute atomic E-state index is 12.7. The van der Waals surface area contributed by atoms with Crippen molar-refractivity contribution < 1.29 is 23.8 Å². The molecule has 0 fully saturated rings. The van der Waals surface area contributed by atoms with Gasteiger partial charge in [-0.05, 0) is 44.9 Å². The standard InChI is InChI=1S/C59H114O5/c1-4-7-10-13-16-19-22-25-28-30-32-35-38-41-44-47-50-53-59(61)64-56-57(62-54-51-48-45-42-39-36-33-29-26-23-20-17-14-11-8-5-2)55-63-58(60)52-49-46-43-40-37-34-31-27-24-21-18-15-12-9-6-3/h25,28,57H,4-24,26-27,29-56H2,1-3H3/b28-25-/t57-/m0/s1. The fourth-order valence-electron chi connectivity index (χ4n) is 8.89. The molecule has 0 saturated heterocycles. The fraction of sp³-hybridized carbons (Fsp3) is 0.932. The molecule has 0 rings (SSSR count). The maximum atomic E-state index is 12.7. The highest BCUT2D eigenvalue weighted by molar-refractivity contribution is 5.69. The number of ether oxygens (including phenoxy) is 3. The first-order chi connectivity index (χ1) is 31.6. The molecule has 0 bridgehead atoms. The molecule has 5 nitrogen and oxygen atoms in total. The van der Waals surface area contributed by atoms with Crippen LogP contribution >= 0.6 is 0 Å². The van der Waals surface area contributed by atoms with Crippen LogP contribution in [0.1, 0.15) is 329 Å². The Morgan fingerprint density at radius 3 is 0.828 bits per heavy atom. The first-order valence-electron chi connectivity index (χ1n) is 29.2. The van der Waals surface area contributed by atoms with Crippen molar-refractivity contribution in [3.63, 3.8) is 0 Å². The largest absolute Gasteiger partial charge is 0.463 e. The Morgan fingerprint density at radius 1 is 0.312 bits per heavy atom. The normalized spacial score (nSPS) is 12.1. The van der Waals surface area contributed by atoms with E-state index in [0.717, 1.165) is 38.5 Å². The SMILES string of the molecule is CCCCCCCC/C=C\CCCCCCCCCC(=O)OC[C@H](COC(=O)CCCCCCCCCCCCCCCCC)OCCCCCCCCCCCCCCCCCC. The smallest absolute Gasteiger partial charge is 0.305 e. The second kappa shape index (κ2) is 56.0. The number of esters is 2. The third-order valence-corrected chi connectivity index (χ3v) is 13.3. The van der Waals surface area contributed by atoms with Crippen LogP contribution in [0.3, 0.4) is 0 Å². The summed E-state index contributed by atoms with van der Waals surface area (Å²) in [4.78, 5) is 25.3. The van der Waals surface area contributed by atoms with Crippen LogP contribution < -0.4 is 0 Å². The number of carbonyl (C=O) groups is 2. The van der Waals surface area contributed by atoms with Crippen molar-refractivity contribution in [2.24, 2.45) is 0 Å². The molecule has 0 aliphatic heterocycles. The van der Waals surface area contributed by atoms with Crippen LogP contribution in [0.5, 0.6) is 0 Å². The van der Waals surface area contributed by atoms with Gasteiger partial charge in [0.05, 0.1) is 0 Å². The van der Waals surface area contributed by atoms with Gasteiger partial charge in [-0.1, -0.05) is 283 Å². The number of rotatable bonds is 55. The highest BCUT2D eigenvalue weighted by Crippen LogP contribution is 2.17. The van der Waals surface area contributed by atoms with E-state index in [-0.39, 0.29) is 25.2 Å². The topological polar surface area (TPSA) is 61.8 Å². The molecule has 1 atom stereocenters. The van der Waals surface area contributed by atoms with E-state index >= 15 is 0 Å². The Bertz CT molecular complexity index is 932. The summed E-state index contributed by atoms with van der Waals surface area (Å²) in [5, 5.41) is 0. The summed E-state index contributed by atoms with van der Waals surface area (Å²) in [6.07, 6.45) is 65.3. The lowest BCUT2D eigenvalue weighted by Crippen LogP contribution is -2.29. The van der Waals surface area contributed by atoms with Crippen LogP contribution in [0.15, 0.2) is 12.2 Å². The second-order valence-corrected chi connectivity index (χ2v) is 19.9. The summed E-state index contributed by atoms with van der Waals surface area (Å²) >= 11 is 0. The average Bonchev–Trinajstić information content (AvgIpc) is 3.30. The van der Waals surface area contributed by atoms with E-state index < -0.39 is 6.10 Å². The molecule has 0 aromatic carbocycles. The molecule has 0 amide bonds. The minimum absolute atomic E-state index is 0.156. The Balaban J connectivity index is 4.20. The minimum Gasteiger partial charge on any atom is -0.463 e. The molecule has 0 saturated carbocycles. The van der Waals surface area contributed by atoms with Crippen LogP contribution in [-0.2, 0) is 23.8 Å². The summed E-state index contributed by atoms with van der Waals surface area (Å²) in [5.41, 5.74) is 0. The predicted molar refractivity (Wildman–Crippen MR) is 279 cm³/mol. The Kier molecular flexibility index (Phi) is 54.8. The first kappa shape index (κ1) is 62.6. The molecule has 0 aliphatic carbocycles. The zero-order chi connectivity index (χ0) is 46.3. The summed E-state index contributed by atoms with van der Waals surface area (Å²) in [7, 11) is 0. The van der Waals surface area contributed by atoms with Gasteiger partial charge in [0.1, 0.15) is 19.3 Å². The molecule has 0 radical (unpaired) electrons. The maximum Gasteiger partial charge on any atom is 0.305 e. The Morgan fingerprint density at radius 2 is 0.547 bits per heavy atom. The van der Waals surface area contributed by atoms with Gasteiger partial charge in [-0.2, -0.15) is 0 Å². The van der Waals surface area contributed by atoms with Crippen molar-refractivity contribution in [1.29, 1.82) is 0 Å². The van der Waals surface area contributed by atoms with E-state index in [1.165, 1.54) is 257 Å². The lowest BCUT2D eigenvalue weighted by atomic mass is 10.0. The van der Waals surface area contributed by atoms with E-state index in [0.29, 0.717) is 19.4 Å². The fourth-order valence-corrected chi connectivity index (χ4v) is 8.89. The molecular formula is C59H114O5. The monoisotopic (exact) mass is 903 g/mol. The van der Waals surface area contributed by atoms with Crippen molar-refractivity contribution >= 4 is 11.9 Å². The number of hydrogen-bond acceptors (Lipinski definition) is 5. The summed E-state index contributed by atoms with van der Waals surface area (Å²) < 4.78 is 17.5. The van der Waals surface area contributed by atoms with E-state index in [1.54, 1.807) is 0 Å². The molecule has 0 N–H and O–H groups in total. The van der Waals surface area contributed by atoms with E-state index in [9.17, 15) is 9.59 Å². The summed E-state index contributed by atoms with van der Waals surface area (Å²) in [6.45, 7) is 7.80. The highest BCUT2D eigenvalue weighted by Gasteiger charge is 2.16. The Hall–Kier alpha value is -1.36. The molecular weight excluding hydrogens is 789 g/mol. The zero-order valence-electron chi connectivity index (χ0n) is 43.8. The van der Waals surface area contributed by atoms with Crippen LogP contribution in [0.2, 0.25) is 0 Å². The summed E-state index contributed by atoms with van der Waals surface area (Å²) in [6, 6.07) is 0. The van der Waals surface area contributed by atoms with Gasteiger partial charge in [-0.15, -0.1) is 0 Å². The van der Waals surface area contributed by atoms with E-state index in [2.05, 4.69) is 32.9 Å². The number of unbranched alkanes of at least 4 members (excludes halogenated alkanes) is 42. The van der Waals surface area contributed by atoms with E-state index in [4.69, 9.17) is 14.2 Å². The van der Waals surface area contributed by atoms with Crippen molar-refractivity contribution in [3.05, 3.63) is 12.2 Å².